The highest BCUT2D eigenvalue weighted by molar-refractivity contribution is 6.30. The molecule has 0 spiro atoms. The van der Waals surface area contributed by atoms with Gasteiger partial charge in [-0.2, -0.15) is 5.10 Å². The van der Waals surface area contributed by atoms with E-state index in [9.17, 15) is 4.79 Å². The van der Waals surface area contributed by atoms with E-state index in [2.05, 4.69) is 28.3 Å². The smallest absolute Gasteiger partial charge is 0.224 e. The van der Waals surface area contributed by atoms with Crippen molar-refractivity contribution < 1.29 is 4.79 Å². The zero-order valence-corrected chi connectivity index (χ0v) is 14.9. The Morgan fingerprint density at radius 1 is 1.46 bits per heavy atom. The van der Waals surface area contributed by atoms with E-state index in [1.54, 1.807) is 10.9 Å². The largest absolute Gasteiger partial charge is 0.371 e. The molecule has 1 N–H and O–H groups in total. The second-order valence-corrected chi connectivity index (χ2v) is 6.97. The van der Waals surface area contributed by atoms with Gasteiger partial charge in [0.2, 0.25) is 5.91 Å². The van der Waals surface area contributed by atoms with Gasteiger partial charge in [0.1, 0.15) is 0 Å². The summed E-state index contributed by atoms with van der Waals surface area (Å²) in [4.78, 5) is 14.4. The normalized spacial score (nSPS) is 17.3. The number of aryl methyl sites for hydroxylation is 2. The second-order valence-electron chi connectivity index (χ2n) is 6.53. The fourth-order valence-corrected chi connectivity index (χ4v) is 3.38. The van der Waals surface area contributed by atoms with Crippen molar-refractivity contribution in [2.45, 2.75) is 19.8 Å². The molecule has 0 radical (unpaired) electrons. The maximum atomic E-state index is 12.0. The maximum Gasteiger partial charge on any atom is 0.224 e. The number of anilines is 1. The third kappa shape index (κ3) is 4.09. The van der Waals surface area contributed by atoms with Crippen LogP contribution in [-0.2, 0) is 18.3 Å². The van der Waals surface area contributed by atoms with Gasteiger partial charge in [-0.1, -0.05) is 17.7 Å². The number of hydrogen-bond donors (Lipinski definition) is 1. The molecular formula is C18H23ClN4O. The lowest BCUT2D eigenvalue weighted by Crippen LogP contribution is -2.32. The molecule has 24 heavy (non-hydrogen) atoms. The van der Waals surface area contributed by atoms with Gasteiger partial charge in [-0.15, -0.1) is 0 Å². The Kier molecular flexibility index (Phi) is 5.09. The van der Waals surface area contributed by atoms with E-state index in [0.717, 1.165) is 36.6 Å². The molecule has 1 aromatic heterocycles. The van der Waals surface area contributed by atoms with Gasteiger partial charge < -0.3 is 10.2 Å². The van der Waals surface area contributed by atoms with E-state index in [4.69, 9.17) is 11.6 Å². The maximum absolute atomic E-state index is 12.0. The lowest BCUT2D eigenvalue weighted by Gasteiger charge is -2.21. The third-order valence-corrected chi connectivity index (χ3v) is 4.74. The zero-order chi connectivity index (χ0) is 17.1. The molecule has 1 aliphatic rings. The van der Waals surface area contributed by atoms with Crippen molar-refractivity contribution in [2.75, 3.05) is 24.5 Å². The molecular weight excluding hydrogens is 324 g/mol. The van der Waals surface area contributed by atoms with Crippen molar-refractivity contribution in [1.29, 1.82) is 0 Å². The number of nitrogens with zero attached hydrogens (tertiary/aromatic N) is 3. The quantitative estimate of drug-likeness (QED) is 0.905. The molecule has 3 rings (SSSR count). The van der Waals surface area contributed by atoms with Crippen LogP contribution in [0, 0.1) is 12.8 Å². The molecule has 128 valence electrons. The number of carbonyl (C=O) groups excluding carboxylic acids is 1. The van der Waals surface area contributed by atoms with Crippen LogP contribution in [0.25, 0.3) is 0 Å². The molecule has 5 nitrogen and oxygen atoms in total. The SMILES string of the molecule is Cc1ccc(Cl)cc1N1CC[C@H](CNC(=O)Cc2cnn(C)c2)C1. The summed E-state index contributed by atoms with van der Waals surface area (Å²) in [5, 5.41) is 7.90. The highest BCUT2D eigenvalue weighted by atomic mass is 35.5. The van der Waals surface area contributed by atoms with Gasteiger partial charge in [0.25, 0.3) is 0 Å². The molecule has 0 unspecified atom stereocenters. The van der Waals surface area contributed by atoms with Crippen LogP contribution in [-0.4, -0.2) is 35.3 Å². The van der Waals surface area contributed by atoms with Crippen LogP contribution >= 0.6 is 11.6 Å². The minimum atomic E-state index is 0.0559. The average molecular weight is 347 g/mol. The number of amides is 1. The highest BCUT2D eigenvalue weighted by Crippen LogP contribution is 2.29. The number of rotatable bonds is 5. The first-order chi connectivity index (χ1) is 11.5. The Bertz CT molecular complexity index is 728. The zero-order valence-electron chi connectivity index (χ0n) is 14.1. The van der Waals surface area contributed by atoms with Crippen LogP contribution in [0.3, 0.4) is 0 Å². The first kappa shape index (κ1) is 16.8. The monoisotopic (exact) mass is 346 g/mol. The van der Waals surface area contributed by atoms with Crippen molar-refractivity contribution >= 4 is 23.2 Å². The molecule has 1 aliphatic heterocycles. The Hall–Kier alpha value is -2.01. The van der Waals surface area contributed by atoms with Crippen molar-refractivity contribution in [3.05, 3.63) is 46.7 Å². The Morgan fingerprint density at radius 2 is 2.29 bits per heavy atom. The van der Waals surface area contributed by atoms with Crippen molar-refractivity contribution in [2.24, 2.45) is 13.0 Å². The summed E-state index contributed by atoms with van der Waals surface area (Å²) in [5.41, 5.74) is 3.38. The van der Waals surface area contributed by atoms with Crippen LogP contribution in [0.15, 0.2) is 30.6 Å². The Labute approximate surface area is 147 Å². The van der Waals surface area contributed by atoms with Gasteiger partial charge in [-0.05, 0) is 42.5 Å². The molecule has 2 heterocycles. The van der Waals surface area contributed by atoms with Gasteiger partial charge >= 0.3 is 0 Å². The summed E-state index contributed by atoms with van der Waals surface area (Å²) < 4.78 is 1.71. The van der Waals surface area contributed by atoms with Crippen LogP contribution in [0.2, 0.25) is 5.02 Å². The van der Waals surface area contributed by atoms with E-state index < -0.39 is 0 Å². The third-order valence-electron chi connectivity index (χ3n) is 4.51. The Morgan fingerprint density at radius 3 is 3.04 bits per heavy atom. The molecule has 1 aromatic carbocycles. The van der Waals surface area contributed by atoms with Crippen LogP contribution in [0.4, 0.5) is 5.69 Å². The summed E-state index contributed by atoms with van der Waals surface area (Å²) in [7, 11) is 1.85. The number of carbonyl (C=O) groups is 1. The molecule has 6 heteroatoms. The van der Waals surface area contributed by atoms with E-state index in [0.29, 0.717) is 12.3 Å². The number of benzene rings is 1. The van der Waals surface area contributed by atoms with Gasteiger partial charge in [0.05, 0.1) is 12.6 Å². The number of halogens is 1. The first-order valence-electron chi connectivity index (χ1n) is 8.26. The molecule has 0 saturated carbocycles. The standard InChI is InChI=1S/C18H23ClN4O/c1-13-3-4-16(19)8-17(13)23-6-5-14(12-23)9-20-18(24)7-15-10-21-22(2)11-15/h3-4,8,10-11,14H,5-7,9,12H2,1-2H3,(H,20,24)/t14-/m1/s1. The molecule has 1 atom stereocenters. The summed E-state index contributed by atoms with van der Waals surface area (Å²) in [5.74, 6) is 0.529. The predicted molar refractivity (Wildman–Crippen MR) is 96.4 cm³/mol. The molecule has 2 aromatic rings. The van der Waals surface area contributed by atoms with E-state index in [-0.39, 0.29) is 5.91 Å². The topological polar surface area (TPSA) is 50.2 Å². The molecule has 0 bridgehead atoms. The minimum absolute atomic E-state index is 0.0559. The molecule has 1 saturated heterocycles. The van der Waals surface area contributed by atoms with Crippen LogP contribution < -0.4 is 10.2 Å². The van der Waals surface area contributed by atoms with Crippen molar-refractivity contribution in [3.63, 3.8) is 0 Å². The average Bonchev–Trinajstić information content (AvgIpc) is 3.17. The lowest BCUT2D eigenvalue weighted by atomic mass is 10.1. The number of nitrogens with one attached hydrogen (secondary N) is 1. The minimum Gasteiger partial charge on any atom is -0.371 e. The molecule has 1 fully saturated rings. The van der Waals surface area contributed by atoms with Crippen molar-refractivity contribution in [1.82, 2.24) is 15.1 Å². The summed E-state index contributed by atoms with van der Waals surface area (Å²) >= 11 is 6.12. The highest BCUT2D eigenvalue weighted by Gasteiger charge is 2.24. The van der Waals surface area contributed by atoms with Gasteiger partial charge in [-0.25, -0.2) is 0 Å². The van der Waals surface area contributed by atoms with Crippen LogP contribution in [0.1, 0.15) is 17.5 Å². The van der Waals surface area contributed by atoms with Gasteiger partial charge in [-0.3, -0.25) is 9.48 Å². The predicted octanol–water partition coefficient (Wildman–Crippen LogP) is 2.57. The second kappa shape index (κ2) is 7.26. The summed E-state index contributed by atoms with van der Waals surface area (Å²) in [6, 6.07) is 6.01. The summed E-state index contributed by atoms with van der Waals surface area (Å²) in [6.45, 7) is 4.78. The van der Waals surface area contributed by atoms with E-state index >= 15 is 0 Å². The summed E-state index contributed by atoms with van der Waals surface area (Å²) in [6.07, 6.45) is 5.08. The lowest BCUT2D eigenvalue weighted by molar-refractivity contribution is -0.120. The van der Waals surface area contributed by atoms with E-state index in [1.165, 1.54) is 11.3 Å². The van der Waals surface area contributed by atoms with Gasteiger partial charge in [0, 0.05) is 43.6 Å². The fraction of sp³-hybridized carbons (Fsp3) is 0.444. The van der Waals surface area contributed by atoms with Crippen LogP contribution in [0.5, 0.6) is 0 Å². The number of aromatic nitrogens is 2. The Balaban J connectivity index is 1.49. The van der Waals surface area contributed by atoms with Gasteiger partial charge in [0.15, 0.2) is 0 Å². The molecule has 0 aliphatic carbocycles. The first-order valence-corrected chi connectivity index (χ1v) is 8.64. The molecule has 1 amide bonds. The van der Waals surface area contributed by atoms with E-state index in [1.807, 2.05) is 25.4 Å². The van der Waals surface area contributed by atoms with Crippen molar-refractivity contribution in [3.8, 4) is 0 Å². The number of hydrogen-bond acceptors (Lipinski definition) is 3. The fourth-order valence-electron chi connectivity index (χ4n) is 3.21.